The summed E-state index contributed by atoms with van der Waals surface area (Å²) < 4.78 is 0.766. The molecule has 1 unspecified atom stereocenters. The van der Waals surface area contributed by atoms with Crippen molar-refractivity contribution in [2.75, 3.05) is 5.32 Å². The van der Waals surface area contributed by atoms with E-state index in [4.69, 9.17) is 0 Å². The molecule has 2 amide bonds. The quantitative estimate of drug-likeness (QED) is 0.340. The van der Waals surface area contributed by atoms with E-state index in [9.17, 15) is 9.59 Å². The Hall–Kier alpha value is -3.44. The summed E-state index contributed by atoms with van der Waals surface area (Å²) in [6.07, 6.45) is 0.722. The van der Waals surface area contributed by atoms with Crippen LogP contribution < -0.4 is 10.6 Å². The molecule has 1 atom stereocenters. The number of rotatable bonds is 6. The molecular formula is C27H23BrN2O2. The fourth-order valence-electron chi connectivity index (χ4n) is 3.66. The maximum Gasteiger partial charge on any atom is 0.255 e. The predicted molar refractivity (Wildman–Crippen MR) is 133 cm³/mol. The maximum atomic E-state index is 13.0. The van der Waals surface area contributed by atoms with Crippen LogP contribution in [0.15, 0.2) is 95.5 Å². The van der Waals surface area contributed by atoms with Crippen LogP contribution in [0.5, 0.6) is 0 Å². The molecule has 0 radical (unpaired) electrons. The van der Waals surface area contributed by atoms with Gasteiger partial charge in [-0.15, -0.1) is 0 Å². The van der Waals surface area contributed by atoms with Gasteiger partial charge in [0.2, 0.25) is 0 Å². The van der Waals surface area contributed by atoms with Crippen LogP contribution >= 0.6 is 15.9 Å². The highest BCUT2D eigenvalue weighted by molar-refractivity contribution is 9.10. The maximum absolute atomic E-state index is 13.0. The lowest BCUT2D eigenvalue weighted by atomic mass is 10.1. The molecule has 0 saturated carbocycles. The van der Waals surface area contributed by atoms with E-state index in [-0.39, 0.29) is 17.9 Å². The third-order valence-corrected chi connectivity index (χ3v) is 5.74. The first-order valence-electron chi connectivity index (χ1n) is 10.4. The molecule has 4 aromatic carbocycles. The second kappa shape index (κ2) is 9.79. The van der Waals surface area contributed by atoms with Gasteiger partial charge < -0.3 is 10.6 Å². The van der Waals surface area contributed by atoms with Crippen molar-refractivity contribution >= 4 is 44.2 Å². The van der Waals surface area contributed by atoms with E-state index in [0.29, 0.717) is 16.8 Å². The minimum atomic E-state index is -0.260. The molecular weight excluding hydrogens is 464 g/mol. The molecule has 0 fully saturated rings. The number of hydrogen-bond acceptors (Lipinski definition) is 2. The third-order valence-electron chi connectivity index (χ3n) is 5.25. The van der Waals surface area contributed by atoms with Crippen LogP contribution in [0.25, 0.3) is 10.8 Å². The van der Waals surface area contributed by atoms with Gasteiger partial charge in [-0.25, -0.2) is 0 Å². The van der Waals surface area contributed by atoms with Gasteiger partial charge in [0.15, 0.2) is 0 Å². The summed E-state index contributed by atoms with van der Waals surface area (Å²) in [5, 5.41) is 8.00. The smallest absolute Gasteiger partial charge is 0.255 e. The van der Waals surface area contributed by atoms with E-state index in [1.165, 1.54) is 0 Å². The van der Waals surface area contributed by atoms with Gasteiger partial charge in [-0.2, -0.15) is 0 Å². The molecule has 160 valence electrons. The van der Waals surface area contributed by atoms with Crippen LogP contribution in [0, 0.1) is 0 Å². The minimum Gasteiger partial charge on any atom is -0.349 e. The Kier molecular flexibility index (Phi) is 6.66. The number of carbonyl (C=O) groups excluding carboxylic acids is 2. The number of benzene rings is 4. The number of amides is 2. The first-order chi connectivity index (χ1) is 15.5. The number of anilines is 1. The first-order valence-corrected chi connectivity index (χ1v) is 11.2. The standard InChI is InChI=1S/C27H23BrN2O2/c1-18(15-19-7-3-2-4-8-19)29-27(32)24-17-23(28)13-14-25(24)30-26(31)22-12-11-20-9-5-6-10-21(20)16-22/h2-14,16-18H,15H2,1H3,(H,29,32)(H,30,31). The summed E-state index contributed by atoms with van der Waals surface area (Å²) >= 11 is 3.43. The molecule has 0 spiro atoms. The molecule has 0 bridgehead atoms. The van der Waals surface area contributed by atoms with E-state index in [2.05, 4.69) is 26.6 Å². The van der Waals surface area contributed by atoms with Gasteiger partial charge in [-0.1, -0.05) is 76.6 Å². The summed E-state index contributed by atoms with van der Waals surface area (Å²) in [6, 6.07) is 28.7. The van der Waals surface area contributed by atoms with Gasteiger partial charge in [0, 0.05) is 16.1 Å². The van der Waals surface area contributed by atoms with Gasteiger partial charge in [-0.05, 0) is 60.0 Å². The summed E-state index contributed by atoms with van der Waals surface area (Å²) in [5.74, 6) is -0.493. The van der Waals surface area contributed by atoms with Crippen LogP contribution in [0.2, 0.25) is 0 Å². The van der Waals surface area contributed by atoms with E-state index < -0.39 is 0 Å². The zero-order valence-electron chi connectivity index (χ0n) is 17.6. The fourth-order valence-corrected chi connectivity index (χ4v) is 4.02. The molecule has 4 nitrogen and oxygen atoms in total. The SMILES string of the molecule is CC(Cc1ccccc1)NC(=O)c1cc(Br)ccc1NC(=O)c1ccc2ccccc2c1. The highest BCUT2D eigenvalue weighted by atomic mass is 79.9. The van der Waals surface area contributed by atoms with Crippen molar-refractivity contribution < 1.29 is 9.59 Å². The molecule has 32 heavy (non-hydrogen) atoms. The zero-order valence-corrected chi connectivity index (χ0v) is 19.2. The zero-order chi connectivity index (χ0) is 22.5. The highest BCUT2D eigenvalue weighted by Gasteiger charge is 2.17. The topological polar surface area (TPSA) is 58.2 Å². The molecule has 0 aliphatic rings. The number of hydrogen-bond donors (Lipinski definition) is 2. The van der Waals surface area contributed by atoms with Crippen molar-refractivity contribution in [2.24, 2.45) is 0 Å². The van der Waals surface area contributed by atoms with Gasteiger partial charge in [0.1, 0.15) is 0 Å². The Bertz CT molecular complexity index is 1270. The van der Waals surface area contributed by atoms with Crippen LogP contribution in [-0.4, -0.2) is 17.9 Å². The van der Waals surface area contributed by atoms with Gasteiger partial charge in [0.05, 0.1) is 11.3 Å². The molecule has 0 saturated heterocycles. The monoisotopic (exact) mass is 486 g/mol. The molecule has 0 aromatic heterocycles. The van der Waals surface area contributed by atoms with Crippen LogP contribution in [0.1, 0.15) is 33.2 Å². The molecule has 4 rings (SSSR count). The Labute approximate surface area is 195 Å². The van der Waals surface area contributed by atoms with E-state index in [1.54, 1.807) is 24.3 Å². The Morgan fingerprint density at radius 1 is 0.812 bits per heavy atom. The van der Waals surface area contributed by atoms with Crippen molar-refractivity contribution in [2.45, 2.75) is 19.4 Å². The molecule has 0 aliphatic heterocycles. The van der Waals surface area contributed by atoms with Crippen LogP contribution in [-0.2, 0) is 6.42 Å². The van der Waals surface area contributed by atoms with Gasteiger partial charge in [-0.3, -0.25) is 9.59 Å². The highest BCUT2D eigenvalue weighted by Crippen LogP contribution is 2.23. The molecule has 4 aromatic rings. The van der Waals surface area contributed by atoms with Crippen molar-refractivity contribution in [3.63, 3.8) is 0 Å². The number of nitrogens with one attached hydrogen (secondary N) is 2. The molecule has 0 heterocycles. The Morgan fingerprint density at radius 2 is 1.53 bits per heavy atom. The first kappa shape index (κ1) is 21.8. The average Bonchev–Trinajstić information content (AvgIpc) is 2.80. The fraction of sp³-hybridized carbons (Fsp3) is 0.111. The predicted octanol–water partition coefficient (Wildman–Crippen LogP) is 6.22. The van der Waals surface area contributed by atoms with Crippen LogP contribution in [0.4, 0.5) is 5.69 Å². The van der Waals surface area contributed by atoms with Crippen molar-refractivity contribution in [3.8, 4) is 0 Å². The molecule has 5 heteroatoms. The number of carbonyl (C=O) groups is 2. The van der Waals surface area contributed by atoms with Crippen molar-refractivity contribution in [1.82, 2.24) is 5.32 Å². The lowest BCUT2D eigenvalue weighted by molar-refractivity contribution is 0.0941. The Morgan fingerprint density at radius 3 is 2.31 bits per heavy atom. The number of fused-ring (bicyclic) bond motifs is 1. The van der Waals surface area contributed by atoms with Gasteiger partial charge in [0.25, 0.3) is 11.8 Å². The lowest BCUT2D eigenvalue weighted by Gasteiger charge is -2.17. The second-order valence-corrected chi connectivity index (χ2v) is 8.69. The second-order valence-electron chi connectivity index (χ2n) is 7.77. The summed E-state index contributed by atoms with van der Waals surface area (Å²) in [4.78, 5) is 26.0. The normalized spacial score (nSPS) is 11.7. The lowest BCUT2D eigenvalue weighted by Crippen LogP contribution is -2.34. The molecule has 0 aliphatic carbocycles. The average molecular weight is 487 g/mol. The van der Waals surface area contributed by atoms with Crippen molar-refractivity contribution in [3.05, 3.63) is 112 Å². The summed E-state index contributed by atoms with van der Waals surface area (Å²) in [5.41, 5.74) is 2.57. The van der Waals surface area contributed by atoms with Gasteiger partial charge >= 0.3 is 0 Å². The van der Waals surface area contributed by atoms with E-state index in [0.717, 1.165) is 27.2 Å². The van der Waals surface area contributed by atoms with Crippen molar-refractivity contribution in [1.29, 1.82) is 0 Å². The molecule has 2 N–H and O–H groups in total. The Balaban J connectivity index is 1.51. The third kappa shape index (κ3) is 5.24. The summed E-state index contributed by atoms with van der Waals surface area (Å²) in [7, 11) is 0. The minimum absolute atomic E-state index is 0.0621. The number of halogens is 1. The van der Waals surface area contributed by atoms with E-state index in [1.807, 2.05) is 73.7 Å². The van der Waals surface area contributed by atoms with E-state index >= 15 is 0 Å². The van der Waals surface area contributed by atoms with Crippen LogP contribution in [0.3, 0.4) is 0 Å². The summed E-state index contributed by atoms with van der Waals surface area (Å²) in [6.45, 7) is 1.97. The largest absolute Gasteiger partial charge is 0.349 e.